The quantitative estimate of drug-likeness (QED) is 0.706. The molecule has 14 heavy (non-hydrogen) atoms. The number of rotatable bonds is 2. The van der Waals surface area contributed by atoms with Crippen molar-refractivity contribution in [1.82, 2.24) is 0 Å². The average Bonchev–Trinajstić information content (AvgIpc) is 2.04. The molecule has 0 bridgehead atoms. The van der Waals surface area contributed by atoms with Gasteiger partial charge in [-0.25, -0.2) is 0 Å². The Morgan fingerprint density at radius 2 is 1.71 bits per heavy atom. The Morgan fingerprint density at radius 1 is 1.14 bits per heavy atom. The molecule has 0 spiro atoms. The maximum atomic E-state index is 5.85. The maximum absolute atomic E-state index is 5.85. The number of ether oxygens (including phenoxy) is 1. The van der Waals surface area contributed by atoms with E-state index in [1.807, 2.05) is 52.8 Å². The minimum absolute atomic E-state index is 0.197. The van der Waals surface area contributed by atoms with Gasteiger partial charge in [0.1, 0.15) is 5.75 Å². The summed E-state index contributed by atoms with van der Waals surface area (Å²) in [6.07, 6.45) is 0.197. The molecule has 0 amide bonds. The van der Waals surface area contributed by atoms with Crippen LogP contribution >= 0.6 is 11.6 Å². The van der Waals surface area contributed by atoms with E-state index < -0.39 is 0 Å². The molecule has 0 saturated carbocycles. The first kappa shape index (κ1) is 13.3. The molecule has 2 heteroatoms. The average molecular weight is 215 g/mol. The van der Waals surface area contributed by atoms with E-state index in [0.717, 1.165) is 16.3 Å². The predicted octanol–water partition coefficient (Wildman–Crippen LogP) is 4.46. The van der Waals surface area contributed by atoms with Gasteiger partial charge in [0.2, 0.25) is 0 Å². The molecule has 0 aromatic heterocycles. The zero-order chi connectivity index (χ0) is 11.1. The van der Waals surface area contributed by atoms with E-state index in [4.69, 9.17) is 16.3 Å². The third kappa shape index (κ3) is 5.13. The van der Waals surface area contributed by atoms with Crippen LogP contribution in [0.5, 0.6) is 5.75 Å². The van der Waals surface area contributed by atoms with Crippen LogP contribution in [0.3, 0.4) is 0 Å². The second-order valence-corrected chi connectivity index (χ2v) is 3.57. The van der Waals surface area contributed by atoms with E-state index in [0.29, 0.717) is 0 Å². The molecule has 0 saturated heterocycles. The van der Waals surface area contributed by atoms with E-state index in [2.05, 4.69) is 0 Å². The Hall–Kier alpha value is -0.690. The third-order valence-electron chi connectivity index (χ3n) is 1.39. The van der Waals surface area contributed by atoms with Gasteiger partial charge in [-0.3, -0.25) is 0 Å². The SMILES string of the molecule is CC.Cc1cc(Cl)cc(OC(C)C)c1. The normalized spacial score (nSPS) is 9.36. The summed E-state index contributed by atoms with van der Waals surface area (Å²) in [7, 11) is 0. The predicted molar refractivity (Wildman–Crippen MR) is 63.3 cm³/mol. The highest BCUT2D eigenvalue weighted by Crippen LogP contribution is 2.21. The fourth-order valence-corrected chi connectivity index (χ4v) is 1.32. The first-order valence-corrected chi connectivity index (χ1v) is 5.39. The fourth-order valence-electron chi connectivity index (χ4n) is 1.04. The zero-order valence-electron chi connectivity index (χ0n) is 9.60. The van der Waals surface area contributed by atoms with Gasteiger partial charge >= 0.3 is 0 Å². The molecular weight excluding hydrogens is 196 g/mol. The smallest absolute Gasteiger partial charge is 0.121 e. The van der Waals surface area contributed by atoms with E-state index in [1.54, 1.807) is 0 Å². The molecule has 0 aliphatic heterocycles. The topological polar surface area (TPSA) is 9.23 Å². The van der Waals surface area contributed by atoms with Crippen LogP contribution in [0.15, 0.2) is 18.2 Å². The van der Waals surface area contributed by atoms with Crippen molar-refractivity contribution in [1.29, 1.82) is 0 Å². The van der Waals surface area contributed by atoms with Crippen LogP contribution in [0.4, 0.5) is 0 Å². The minimum atomic E-state index is 0.197. The van der Waals surface area contributed by atoms with Gasteiger partial charge in [0.05, 0.1) is 6.10 Å². The Bertz CT molecular complexity index is 249. The van der Waals surface area contributed by atoms with Crippen molar-refractivity contribution in [3.63, 3.8) is 0 Å². The Kier molecular flexibility index (Phi) is 6.39. The molecule has 80 valence electrons. The number of aryl methyl sites for hydroxylation is 1. The fraction of sp³-hybridized carbons (Fsp3) is 0.500. The Morgan fingerprint density at radius 3 is 2.14 bits per heavy atom. The van der Waals surface area contributed by atoms with Crippen LogP contribution in [0.2, 0.25) is 5.02 Å². The molecule has 0 atom stereocenters. The van der Waals surface area contributed by atoms with Crippen LogP contribution in [0.25, 0.3) is 0 Å². The van der Waals surface area contributed by atoms with Crippen molar-refractivity contribution >= 4 is 11.6 Å². The first-order valence-electron chi connectivity index (χ1n) is 5.02. The van der Waals surface area contributed by atoms with E-state index >= 15 is 0 Å². The molecule has 0 aliphatic carbocycles. The van der Waals surface area contributed by atoms with Gasteiger partial charge in [-0.15, -0.1) is 0 Å². The Labute approximate surface area is 92.0 Å². The van der Waals surface area contributed by atoms with E-state index in [1.165, 1.54) is 0 Å². The van der Waals surface area contributed by atoms with Crippen LogP contribution in [-0.4, -0.2) is 6.10 Å². The van der Waals surface area contributed by atoms with Crippen molar-refractivity contribution < 1.29 is 4.74 Å². The summed E-state index contributed by atoms with van der Waals surface area (Å²) in [6.45, 7) is 9.99. The van der Waals surface area contributed by atoms with Crippen LogP contribution in [-0.2, 0) is 0 Å². The maximum Gasteiger partial charge on any atom is 0.121 e. The van der Waals surface area contributed by atoms with Gasteiger partial charge in [0, 0.05) is 5.02 Å². The van der Waals surface area contributed by atoms with Crippen molar-refractivity contribution in [3.05, 3.63) is 28.8 Å². The van der Waals surface area contributed by atoms with Crippen molar-refractivity contribution in [2.75, 3.05) is 0 Å². The lowest BCUT2D eigenvalue weighted by atomic mass is 10.2. The Balaban J connectivity index is 0.000000791. The molecule has 0 radical (unpaired) electrons. The van der Waals surface area contributed by atoms with E-state index in [9.17, 15) is 0 Å². The summed E-state index contributed by atoms with van der Waals surface area (Å²) in [6, 6.07) is 5.72. The van der Waals surface area contributed by atoms with Crippen LogP contribution in [0.1, 0.15) is 33.3 Å². The molecule has 1 aromatic carbocycles. The van der Waals surface area contributed by atoms with E-state index in [-0.39, 0.29) is 6.10 Å². The third-order valence-corrected chi connectivity index (χ3v) is 1.61. The summed E-state index contributed by atoms with van der Waals surface area (Å²) in [5, 5.41) is 0.727. The highest BCUT2D eigenvalue weighted by Gasteiger charge is 1.99. The summed E-state index contributed by atoms with van der Waals surface area (Å²) >= 11 is 5.85. The van der Waals surface area contributed by atoms with Gasteiger partial charge in [-0.2, -0.15) is 0 Å². The number of benzene rings is 1. The monoisotopic (exact) mass is 214 g/mol. The lowest BCUT2D eigenvalue weighted by molar-refractivity contribution is 0.242. The van der Waals surface area contributed by atoms with Crippen LogP contribution < -0.4 is 4.74 Å². The van der Waals surface area contributed by atoms with Gasteiger partial charge in [-0.1, -0.05) is 25.4 Å². The molecule has 0 fully saturated rings. The molecule has 0 unspecified atom stereocenters. The summed E-state index contributed by atoms with van der Waals surface area (Å²) < 4.78 is 5.49. The van der Waals surface area contributed by atoms with Crippen molar-refractivity contribution in [3.8, 4) is 5.75 Å². The minimum Gasteiger partial charge on any atom is -0.491 e. The van der Waals surface area contributed by atoms with Gasteiger partial charge in [0.15, 0.2) is 0 Å². The lowest BCUT2D eigenvalue weighted by Crippen LogP contribution is -2.05. The highest BCUT2D eigenvalue weighted by atomic mass is 35.5. The summed E-state index contributed by atoms with van der Waals surface area (Å²) in [5.41, 5.74) is 1.12. The largest absolute Gasteiger partial charge is 0.491 e. The molecule has 1 nitrogen and oxygen atoms in total. The number of hydrogen-bond donors (Lipinski definition) is 0. The number of halogens is 1. The van der Waals surface area contributed by atoms with Gasteiger partial charge in [-0.05, 0) is 44.5 Å². The van der Waals surface area contributed by atoms with Gasteiger partial charge in [0.25, 0.3) is 0 Å². The molecule has 0 heterocycles. The summed E-state index contributed by atoms with van der Waals surface area (Å²) in [4.78, 5) is 0. The number of hydrogen-bond acceptors (Lipinski definition) is 1. The standard InChI is InChI=1S/C10H13ClO.C2H6/c1-7(2)12-10-5-8(3)4-9(11)6-10;1-2/h4-7H,1-3H3;1-2H3. The zero-order valence-corrected chi connectivity index (χ0v) is 10.4. The van der Waals surface area contributed by atoms with Crippen molar-refractivity contribution in [2.45, 2.75) is 40.7 Å². The highest BCUT2D eigenvalue weighted by molar-refractivity contribution is 6.30. The second kappa shape index (κ2) is 6.72. The first-order chi connectivity index (χ1) is 6.58. The van der Waals surface area contributed by atoms with Crippen molar-refractivity contribution in [2.24, 2.45) is 0 Å². The second-order valence-electron chi connectivity index (χ2n) is 3.13. The lowest BCUT2D eigenvalue weighted by Gasteiger charge is -2.10. The molecule has 0 N–H and O–H groups in total. The van der Waals surface area contributed by atoms with Gasteiger partial charge < -0.3 is 4.74 Å². The molecule has 0 aliphatic rings. The van der Waals surface area contributed by atoms with Crippen LogP contribution in [0, 0.1) is 6.92 Å². The summed E-state index contributed by atoms with van der Waals surface area (Å²) in [5.74, 6) is 0.843. The molecule has 1 rings (SSSR count). The molecular formula is C12H19ClO. The molecule has 1 aromatic rings.